The Balaban J connectivity index is 1.67. The highest BCUT2D eigenvalue weighted by atomic mass is 15.4. The lowest BCUT2D eigenvalue weighted by Crippen LogP contribution is -2.54. The molecule has 0 aromatic carbocycles. The van der Waals surface area contributed by atoms with Crippen LogP contribution in [0.1, 0.15) is 12.8 Å². The second-order valence-electron chi connectivity index (χ2n) is 7.92. The molecule has 2 saturated heterocycles. The van der Waals surface area contributed by atoms with Gasteiger partial charge in [0.15, 0.2) is 0 Å². The maximum Gasteiger partial charge on any atom is 0.235 e. The molecule has 0 saturated carbocycles. The van der Waals surface area contributed by atoms with E-state index in [1.54, 1.807) is 6.20 Å². The molecule has 0 radical (unpaired) electrons. The van der Waals surface area contributed by atoms with Crippen LogP contribution in [0.4, 0.5) is 23.7 Å². The summed E-state index contributed by atoms with van der Waals surface area (Å²) in [6.07, 6.45) is 3.27. The standard InChI is InChI=1S/C18H29N11/c19-11-5-12(20)8-28(7-11)17-25-16(24-15-3-1-2-4-23-15)26-18(27-17)29-9-13(21)6-14(22)10-29/h1-4,11-14H,5-10,19-22H2,(H,23,24,25,26,27). The summed E-state index contributed by atoms with van der Waals surface area (Å²) < 4.78 is 0. The van der Waals surface area contributed by atoms with Crippen LogP contribution in [0.3, 0.4) is 0 Å². The lowest BCUT2D eigenvalue weighted by Gasteiger charge is -2.36. The molecular formula is C18H29N11. The molecule has 2 fully saturated rings. The fourth-order valence-corrected chi connectivity index (χ4v) is 3.93. The van der Waals surface area contributed by atoms with Crippen molar-refractivity contribution < 1.29 is 0 Å². The minimum absolute atomic E-state index is 0.0250. The van der Waals surface area contributed by atoms with Crippen LogP contribution in [0.2, 0.25) is 0 Å². The van der Waals surface area contributed by atoms with Gasteiger partial charge in [0.1, 0.15) is 5.82 Å². The molecule has 4 rings (SSSR count). The number of nitrogens with zero attached hydrogens (tertiary/aromatic N) is 6. The van der Waals surface area contributed by atoms with E-state index in [1.165, 1.54) is 0 Å². The summed E-state index contributed by atoms with van der Waals surface area (Å²) in [6, 6.07) is 5.49. The first-order valence-corrected chi connectivity index (χ1v) is 9.92. The third-order valence-electron chi connectivity index (χ3n) is 5.11. The number of hydrogen-bond acceptors (Lipinski definition) is 11. The summed E-state index contributed by atoms with van der Waals surface area (Å²) in [5.74, 6) is 2.12. The van der Waals surface area contributed by atoms with Crippen molar-refractivity contribution in [1.82, 2.24) is 19.9 Å². The normalized spacial score (nSPS) is 27.7. The Morgan fingerprint density at radius 2 is 1.28 bits per heavy atom. The largest absolute Gasteiger partial charge is 0.338 e. The van der Waals surface area contributed by atoms with Gasteiger partial charge in [-0.1, -0.05) is 6.07 Å². The number of pyridine rings is 1. The summed E-state index contributed by atoms with van der Waals surface area (Å²) >= 11 is 0. The van der Waals surface area contributed by atoms with Gasteiger partial charge in [0, 0.05) is 56.5 Å². The second kappa shape index (κ2) is 8.41. The molecule has 29 heavy (non-hydrogen) atoms. The number of hydrogen-bond donors (Lipinski definition) is 5. The third kappa shape index (κ3) is 4.88. The second-order valence-corrected chi connectivity index (χ2v) is 7.92. The van der Waals surface area contributed by atoms with Gasteiger partial charge in [-0.15, -0.1) is 0 Å². The third-order valence-corrected chi connectivity index (χ3v) is 5.11. The minimum Gasteiger partial charge on any atom is -0.338 e. The van der Waals surface area contributed by atoms with Crippen LogP contribution >= 0.6 is 0 Å². The highest BCUT2D eigenvalue weighted by Gasteiger charge is 2.28. The first kappa shape index (κ1) is 19.7. The zero-order valence-corrected chi connectivity index (χ0v) is 16.4. The van der Waals surface area contributed by atoms with Crippen molar-refractivity contribution in [3.8, 4) is 0 Å². The van der Waals surface area contributed by atoms with Gasteiger partial charge in [0.2, 0.25) is 17.8 Å². The molecule has 4 unspecified atom stereocenters. The molecule has 9 N–H and O–H groups in total. The van der Waals surface area contributed by atoms with E-state index >= 15 is 0 Å². The van der Waals surface area contributed by atoms with E-state index in [1.807, 2.05) is 28.0 Å². The molecule has 2 aliphatic heterocycles. The molecule has 11 heteroatoms. The topological polar surface area (TPSA) is 174 Å². The molecule has 2 aliphatic rings. The van der Waals surface area contributed by atoms with Crippen LogP contribution < -0.4 is 38.1 Å². The number of aromatic nitrogens is 4. The monoisotopic (exact) mass is 399 g/mol. The summed E-state index contributed by atoms with van der Waals surface area (Å²) in [7, 11) is 0. The van der Waals surface area contributed by atoms with E-state index in [4.69, 9.17) is 27.9 Å². The molecule has 156 valence electrons. The van der Waals surface area contributed by atoms with Crippen LogP contribution in [0.5, 0.6) is 0 Å². The molecule has 0 aliphatic carbocycles. The lowest BCUT2D eigenvalue weighted by atomic mass is 10.0. The van der Waals surface area contributed by atoms with Gasteiger partial charge >= 0.3 is 0 Å². The van der Waals surface area contributed by atoms with Crippen LogP contribution in [0.25, 0.3) is 0 Å². The highest BCUT2D eigenvalue weighted by molar-refractivity contribution is 5.53. The molecule has 0 bridgehead atoms. The van der Waals surface area contributed by atoms with Crippen molar-refractivity contribution in [3.63, 3.8) is 0 Å². The van der Waals surface area contributed by atoms with E-state index in [0.717, 1.165) is 12.8 Å². The highest BCUT2D eigenvalue weighted by Crippen LogP contribution is 2.23. The van der Waals surface area contributed by atoms with Crippen LogP contribution in [-0.4, -0.2) is 70.3 Å². The average molecular weight is 400 g/mol. The molecule has 11 nitrogen and oxygen atoms in total. The van der Waals surface area contributed by atoms with E-state index < -0.39 is 0 Å². The van der Waals surface area contributed by atoms with Crippen molar-refractivity contribution in [2.75, 3.05) is 41.3 Å². The minimum atomic E-state index is -0.0250. The number of nitrogens with two attached hydrogens (primary N) is 4. The Bertz CT molecular complexity index is 752. The maximum absolute atomic E-state index is 6.17. The van der Waals surface area contributed by atoms with Crippen molar-refractivity contribution in [2.24, 2.45) is 22.9 Å². The van der Waals surface area contributed by atoms with E-state index in [-0.39, 0.29) is 24.2 Å². The number of nitrogens with one attached hydrogen (secondary N) is 1. The number of piperidine rings is 2. The van der Waals surface area contributed by atoms with Crippen LogP contribution in [-0.2, 0) is 0 Å². The van der Waals surface area contributed by atoms with Gasteiger partial charge in [-0.25, -0.2) is 4.98 Å². The molecule has 2 aromatic rings. The molecule has 4 heterocycles. The Labute approximate surface area is 169 Å². The molecule has 0 spiro atoms. The molecule has 2 aromatic heterocycles. The summed E-state index contributed by atoms with van der Waals surface area (Å²) in [4.78, 5) is 22.2. The Morgan fingerprint density at radius 3 is 1.72 bits per heavy atom. The van der Waals surface area contributed by atoms with Gasteiger partial charge in [0.25, 0.3) is 0 Å². The molecular weight excluding hydrogens is 370 g/mol. The predicted molar refractivity (Wildman–Crippen MR) is 113 cm³/mol. The van der Waals surface area contributed by atoms with Crippen molar-refractivity contribution in [1.29, 1.82) is 0 Å². The Hall–Kier alpha value is -2.60. The average Bonchev–Trinajstić information content (AvgIpc) is 2.67. The van der Waals surface area contributed by atoms with Gasteiger partial charge in [-0.2, -0.15) is 15.0 Å². The Morgan fingerprint density at radius 1 is 0.759 bits per heavy atom. The van der Waals surface area contributed by atoms with Crippen LogP contribution in [0, 0.1) is 0 Å². The van der Waals surface area contributed by atoms with E-state index in [0.29, 0.717) is 49.8 Å². The van der Waals surface area contributed by atoms with Gasteiger partial charge in [-0.05, 0) is 25.0 Å². The number of rotatable bonds is 4. The van der Waals surface area contributed by atoms with Crippen molar-refractivity contribution in [3.05, 3.63) is 24.4 Å². The lowest BCUT2D eigenvalue weighted by molar-refractivity contribution is 0.441. The number of anilines is 4. The van der Waals surface area contributed by atoms with E-state index in [2.05, 4.69) is 20.3 Å². The summed E-state index contributed by atoms with van der Waals surface area (Å²) in [6.45, 7) is 2.55. The van der Waals surface area contributed by atoms with Gasteiger partial charge in [-0.3, -0.25) is 0 Å². The molecule has 0 amide bonds. The van der Waals surface area contributed by atoms with Gasteiger partial charge in [0.05, 0.1) is 0 Å². The fourth-order valence-electron chi connectivity index (χ4n) is 3.93. The summed E-state index contributed by atoms with van der Waals surface area (Å²) in [5, 5.41) is 3.16. The molecule has 4 atom stereocenters. The first-order chi connectivity index (χ1) is 14.0. The zero-order chi connectivity index (χ0) is 20.4. The maximum atomic E-state index is 6.17. The predicted octanol–water partition coefficient (Wildman–Crippen LogP) is -1.26. The van der Waals surface area contributed by atoms with Gasteiger partial charge < -0.3 is 38.1 Å². The smallest absolute Gasteiger partial charge is 0.235 e. The van der Waals surface area contributed by atoms with Crippen molar-refractivity contribution >= 4 is 23.7 Å². The SMILES string of the molecule is NC1CC(N)CN(c2nc(Nc3ccccn3)nc(N3CC(N)CC(N)C3)n2)C1. The fraction of sp³-hybridized carbons (Fsp3) is 0.556. The Kier molecular flexibility index (Phi) is 5.72. The quantitative estimate of drug-likeness (QED) is 0.415. The first-order valence-electron chi connectivity index (χ1n) is 9.92. The van der Waals surface area contributed by atoms with Crippen LogP contribution in [0.15, 0.2) is 24.4 Å². The summed E-state index contributed by atoms with van der Waals surface area (Å²) in [5.41, 5.74) is 24.7. The van der Waals surface area contributed by atoms with E-state index in [9.17, 15) is 0 Å². The zero-order valence-electron chi connectivity index (χ0n) is 16.4. The van der Waals surface area contributed by atoms with Crippen molar-refractivity contribution in [2.45, 2.75) is 37.0 Å².